The van der Waals surface area contributed by atoms with E-state index in [2.05, 4.69) is 23.1 Å². The number of hydrogen-bond acceptors (Lipinski definition) is 5. The molecule has 0 saturated carbocycles. The number of carbonyl (C=O) groups is 1. The number of carbonyl (C=O) groups excluding carboxylic acids is 1. The van der Waals surface area contributed by atoms with Gasteiger partial charge in [0, 0.05) is 17.3 Å². The number of methoxy groups -OCH3 is 2. The first-order valence-electron chi connectivity index (χ1n) is 8.78. The maximum absolute atomic E-state index is 12.6. The summed E-state index contributed by atoms with van der Waals surface area (Å²) < 4.78 is 10.7. The second-order valence-electron chi connectivity index (χ2n) is 6.24. The topological polar surface area (TPSA) is 71.6 Å². The van der Waals surface area contributed by atoms with Crippen LogP contribution in [0, 0.1) is 0 Å². The van der Waals surface area contributed by atoms with Crippen molar-refractivity contribution < 1.29 is 14.3 Å². The molecule has 6 nitrogen and oxygen atoms in total. The first-order valence-corrected chi connectivity index (χ1v) is 8.78. The smallest absolute Gasteiger partial charge is 0.242 e. The van der Waals surface area contributed by atoms with Crippen molar-refractivity contribution in [3.05, 3.63) is 53.6 Å². The summed E-state index contributed by atoms with van der Waals surface area (Å²) >= 11 is 0. The third kappa shape index (κ3) is 3.81. The summed E-state index contributed by atoms with van der Waals surface area (Å²) in [6.45, 7) is 2.08. The summed E-state index contributed by atoms with van der Waals surface area (Å²) in [6.07, 6.45) is 1.50. The predicted molar refractivity (Wildman–Crippen MR) is 101 cm³/mol. The molecule has 0 aliphatic carbocycles. The largest absolute Gasteiger partial charge is 0.497 e. The summed E-state index contributed by atoms with van der Waals surface area (Å²) in [5.74, 6) is 1.43. The number of hydrogen-bond donors (Lipinski definition) is 3. The molecule has 1 fully saturated rings. The van der Waals surface area contributed by atoms with E-state index in [-0.39, 0.29) is 18.0 Å². The van der Waals surface area contributed by atoms with Crippen molar-refractivity contribution in [1.82, 2.24) is 10.9 Å². The van der Waals surface area contributed by atoms with Crippen molar-refractivity contribution in [1.29, 1.82) is 0 Å². The second kappa shape index (κ2) is 8.21. The molecule has 1 aliphatic rings. The Morgan fingerprint density at radius 2 is 1.96 bits per heavy atom. The Hall–Kier alpha value is -2.57. The molecule has 2 aromatic rings. The van der Waals surface area contributed by atoms with Gasteiger partial charge in [-0.15, -0.1) is 0 Å². The molecule has 2 unspecified atom stereocenters. The van der Waals surface area contributed by atoms with E-state index >= 15 is 0 Å². The maximum atomic E-state index is 12.6. The first kappa shape index (κ1) is 18.2. The fourth-order valence-electron chi connectivity index (χ4n) is 3.21. The minimum absolute atomic E-state index is 0.0203. The lowest BCUT2D eigenvalue weighted by atomic mass is 10.0. The summed E-state index contributed by atoms with van der Waals surface area (Å²) in [4.78, 5) is 12.6. The average molecular weight is 355 g/mol. The quantitative estimate of drug-likeness (QED) is 0.743. The molecule has 6 heteroatoms. The molecular formula is C20H25N3O3. The van der Waals surface area contributed by atoms with Crippen LogP contribution in [0.15, 0.2) is 42.5 Å². The van der Waals surface area contributed by atoms with E-state index in [1.807, 2.05) is 42.5 Å². The van der Waals surface area contributed by atoms with Gasteiger partial charge in [0.05, 0.1) is 20.3 Å². The molecule has 3 rings (SSSR count). The van der Waals surface area contributed by atoms with Crippen molar-refractivity contribution in [2.45, 2.75) is 31.8 Å². The average Bonchev–Trinajstić information content (AvgIpc) is 3.18. The van der Waals surface area contributed by atoms with Crippen molar-refractivity contribution in [3.63, 3.8) is 0 Å². The number of para-hydroxylation sites is 1. The zero-order valence-electron chi connectivity index (χ0n) is 15.3. The van der Waals surface area contributed by atoms with Crippen molar-refractivity contribution in [2.24, 2.45) is 0 Å². The molecule has 26 heavy (non-hydrogen) atoms. The summed E-state index contributed by atoms with van der Waals surface area (Å²) in [5.41, 5.74) is 9.28. The Balaban J connectivity index is 1.69. The van der Waals surface area contributed by atoms with Gasteiger partial charge in [-0.1, -0.05) is 31.2 Å². The van der Waals surface area contributed by atoms with Crippen LogP contribution in [0.3, 0.4) is 0 Å². The molecule has 1 heterocycles. The molecule has 2 aromatic carbocycles. The molecule has 0 spiro atoms. The molecular weight excluding hydrogens is 330 g/mol. The van der Waals surface area contributed by atoms with Crippen LogP contribution in [0.2, 0.25) is 0 Å². The standard InChI is InChI=1S/C20H25N3O3/c1-4-13-7-5-6-8-16(13)21-20(24)18-12-17(22-23-18)15-10-9-14(25-2)11-19(15)26-3/h5-11,17-18,22-23H,4,12H2,1-3H3,(H,21,24). The highest BCUT2D eigenvalue weighted by atomic mass is 16.5. The third-order valence-corrected chi connectivity index (χ3v) is 4.69. The van der Waals surface area contributed by atoms with Gasteiger partial charge in [0.25, 0.3) is 0 Å². The maximum Gasteiger partial charge on any atom is 0.242 e. The minimum atomic E-state index is -0.322. The van der Waals surface area contributed by atoms with E-state index in [1.165, 1.54) is 0 Å². The van der Waals surface area contributed by atoms with Gasteiger partial charge in [-0.3, -0.25) is 4.79 Å². The Bertz CT molecular complexity index is 779. The third-order valence-electron chi connectivity index (χ3n) is 4.69. The Morgan fingerprint density at radius 1 is 1.15 bits per heavy atom. The first-order chi connectivity index (χ1) is 12.7. The van der Waals surface area contributed by atoms with E-state index in [1.54, 1.807) is 14.2 Å². The van der Waals surface area contributed by atoms with Crippen LogP contribution in [-0.4, -0.2) is 26.2 Å². The number of hydrazine groups is 1. The Morgan fingerprint density at radius 3 is 2.69 bits per heavy atom. The van der Waals surface area contributed by atoms with E-state index in [0.29, 0.717) is 6.42 Å². The highest BCUT2D eigenvalue weighted by Gasteiger charge is 2.32. The highest BCUT2D eigenvalue weighted by molar-refractivity contribution is 5.95. The molecule has 3 N–H and O–H groups in total. The molecule has 0 bridgehead atoms. The fraction of sp³-hybridized carbons (Fsp3) is 0.350. The summed E-state index contributed by atoms with van der Waals surface area (Å²) in [6, 6.07) is 13.2. The van der Waals surface area contributed by atoms with Gasteiger partial charge in [-0.05, 0) is 30.5 Å². The number of nitrogens with one attached hydrogen (secondary N) is 3. The van der Waals surface area contributed by atoms with Gasteiger partial charge in [0.2, 0.25) is 5.91 Å². The van der Waals surface area contributed by atoms with E-state index < -0.39 is 0 Å². The van der Waals surface area contributed by atoms with E-state index in [0.717, 1.165) is 34.7 Å². The molecule has 1 aliphatic heterocycles. The zero-order chi connectivity index (χ0) is 18.5. The zero-order valence-corrected chi connectivity index (χ0v) is 15.3. The van der Waals surface area contributed by atoms with Gasteiger partial charge in [-0.25, -0.2) is 10.9 Å². The van der Waals surface area contributed by atoms with E-state index in [4.69, 9.17) is 9.47 Å². The van der Waals surface area contributed by atoms with Crippen LogP contribution in [0.4, 0.5) is 5.69 Å². The number of amides is 1. The fourth-order valence-corrected chi connectivity index (χ4v) is 3.21. The number of anilines is 1. The summed E-state index contributed by atoms with van der Waals surface area (Å²) in [7, 11) is 3.25. The minimum Gasteiger partial charge on any atom is -0.497 e. The molecule has 0 radical (unpaired) electrons. The molecule has 1 saturated heterocycles. The van der Waals surface area contributed by atoms with Crippen LogP contribution < -0.4 is 25.6 Å². The van der Waals surface area contributed by atoms with Gasteiger partial charge in [-0.2, -0.15) is 0 Å². The number of benzene rings is 2. The van der Waals surface area contributed by atoms with Crippen LogP contribution >= 0.6 is 0 Å². The molecule has 138 valence electrons. The lowest BCUT2D eigenvalue weighted by Crippen LogP contribution is -2.39. The number of aryl methyl sites for hydroxylation is 1. The molecule has 2 atom stereocenters. The van der Waals surface area contributed by atoms with Crippen LogP contribution in [0.5, 0.6) is 11.5 Å². The van der Waals surface area contributed by atoms with Crippen LogP contribution in [0.1, 0.15) is 30.5 Å². The van der Waals surface area contributed by atoms with Crippen LogP contribution in [0.25, 0.3) is 0 Å². The monoisotopic (exact) mass is 355 g/mol. The van der Waals surface area contributed by atoms with Crippen molar-refractivity contribution in [2.75, 3.05) is 19.5 Å². The van der Waals surface area contributed by atoms with Gasteiger partial charge in [0.15, 0.2) is 0 Å². The van der Waals surface area contributed by atoms with Gasteiger partial charge in [0.1, 0.15) is 17.5 Å². The number of rotatable bonds is 6. The van der Waals surface area contributed by atoms with Crippen LogP contribution in [-0.2, 0) is 11.2 Å². The van der Waals surface area contributed by atoms with Crippen molar-refractivity contribution in [3.8, 4) is 11.5 Å². The number of ether oxygens (including phenoxy) is 2. The van der Waals surface area contributed by atoms with Gasteiger partial charge < -0.3 is 14.8 Å². The van der Waals surface area contributed by atoms with Crippen molar-refractivity contribution >= 4 is 11.6 Å². The Kier molecular flexibility index (Phi) is 5.75. The highest BCUT2D eigenvalue weighted by Crippen LogP contribution is 2.33. The lowest BCUT2D eigenvalue weighted by molar-refractivity contribution is -0.117. The normalized spacial score (nSPS) is 19.2. The summed E-state index contributed by atoms with van der Waals surface area (Å²) in [5, 5.41) is 3.03. The lowest BCUT2D eigenvalue weighted by Gasteiger charge is -2.15. The SMILES string of the molecule is CCc1ccccc1NC(=O)C1CC(c2ccc(OC)cc2OC)NN1. The second-order valence-corrected chi connectivity index (χ2v) is 6.24. The van der Waals surface area contributed by atoms with Gasteiger partial charge >= 0.3 is 0 Å². The van der Waals surface area contributed by atoms with E-state index in [9.17, 15) is 4.79 Å². The predicted octanol–water partition coefficient (Wildman–Crippen LogP) is 2.81. The molecule has 0 aromatic heterocycles. The Labute approximate surface area is 153 Å². The molecule has 1 amide bonds.